The van der Waals surface area contributed by atoms with Crippen LogP contribution in [-0.4, -0.2) is 90.8 Å². The molecule has 13 atom stereocenters. The van der Waals surface area contributed by atoms with E-state index in [1.54, 1.807) is 13.8 Å². The van der Waals surface area contributed by atoms with Crippen molar-refractivity contribution < 1.29 is 526 Å². The molecule has 0 aromatic carbocycles. The maximum absolute atomic E-state index is 10.9. The van der Waals surface area contributed by atoms with Crippen molar-refractivity contribution in [3.05, 3.63) is 32.2 Å². The number of hydrogen-bond donors (Lipinski definition) is 3. The summed E-state index contributed by atoms with van der Waals surface area (Å²) < 4.78 is 36.0. The zero-order chi connectivity index (χ0) is 28.0. The Morgan fingerprint density at radius 1 is 0.800 bits per heavy atom. The predicted molar refractivity (Wildman–Crippen MR) is 141 cm³/mol. The van der Waals surface area contributed by atoms with Gasteiger partial charge in [-0.2, -0.15) is 0 Å². The van der Waals surface area contributed by atoms with Crippen molar-refractivity contribution in [2.45, 2.75) is 123 Å². The summed E-state index contributed by atoms with van der Waals surface area (Å²) in [6, 6.07) is -2.26. The molecule has 4 unspecified atom stereocenters. The zero-order valence-electron chi connectivity index (χ0n) is 31.2. The number of nitrogens with one attached hydrogen (secondary N) is 2. The van der Waals surface area contributed by atoms with Gasteiger partial charge in [-0.25, -0.2) is 0 Å². The summed E-state index contributed by atoms with van der Waals surface area (Å²) in [6.45, 7) is 19.7. The average Bonchev–Trinajstić information content (AvgIpc) is 2.72. The number of alkyl halides is 1. The van der Waals surface area contributed by atoms with Gasteiger partial charge in [-0.1, -0.05) is 73.1 Å². The summed E-state index contributed by atoms with van der Waals surface area (Å²) in [6.07, 6.45) is -4.01. The van der Waals surface area contributed by atoms with Crippen LogP contribution in [0.3, 0.4) is 0 Å². The molecule has 0 amide bonds. The predicted octanol–water partition coefficient (Wildman–Crippen LogP) is 4.08. The van der Waals surface area contributed by atoms with Crippen LogP contribution in [0.2, 0.25) is 0 Å². The first kappa shape index (κ1) is 116. The molecular weight excluding hydrogens is 1790 g/mol. The van der Waals surface area contributed by atoms with E-state index in [4.69, 9.17) is 45.1 Å². The Morgan fingerprint density at radius 2 is 1.10 bits per heavy atom. The van der Waals surface area contributed by atoms with Gasteiger partial charge in [0.2, 0.25) is 0 Å². The molecule has 257 valence electrons. The number of rotatable bonds is 4. The van der Waals surface area contributed by atoms with Gasteiger partial charge in [0.25, 0.3) is 0 Å². The van der Waals surface area contributed by atoms with E-state index in [1.165, 1.54) is 6.92 Å². The SMILES string of the molecule is C.[2H][C@@H]1C(CO[C@@H]2OC(CC)[C@@H](C)[C@H](O)C2[NH-])O[C@H]([B])C([NH-])[C@H]1C.[CH2-][C@@H](C)F.[CH2-][C@@H](C)O.[CH2-][C@@H](C)O.[Y].[Y].[Y].[Y].[Y].[Y].[Y].[Y].[Y].[Y].[Y].[Y].[Y].[Y].[Y]. The van der Waals surface area contributed by atoms with Crippen molar-refractivity contribution in [3.8, 4) is 0 Å². The molecule has 2 rings (SSSR count). The molecule has 0 bridgehead atoms. The molecule has 2 saturated heterocycles. The molecule has 0 saturated carbocycles. The van der Waals surface area contributed by atoms with Crippen LogP contribution in [-0.2, 0) is 505 Å². The zero-order valence-corrected chi connectivity index (χ0v) is 72.8. The molecule has 0 spiro atoms. The van der Waals surface area contributed by atoms with Gasteiger partial charge in [0.15, 0.2) is 0 Å². The van der Waals surface area contributed by atoms with E-state index < -0.39 is 61.4 Å². The molecule has 17 radical (unpaired) electrons. The quantitative estimate of drug-likeness (QED) is 0.287. The van der Waals surface area contributed by atoms with Crippen LogP contribution in [0.5, 0.6) is 0 Å². The number of ether oxygens (including phenoxy) is 3. The summed E-state index contributed by atoms with van der Waals surface area (Å²) in [5.41, 5.74) is 15.9. The normalized spacial score (nSPS) is 27.5. The van der Waals surface area contributed by atoms with E-state index in [9.17, 15) is 9.50 Å². The molecule has 8 nitrogen and oxygen atoms in total. The van der Waals surface area contributed by atoms with Crippen molar-refractivity contribution in [2.75, 3.05) is 6.61 Å². The molecule has 25 heteroatoms. The van der Waals surface area contributed by atoms with E-state index in [0.717, 1.165) is 6.42 Å². The van der Waals surface area contributed by atoms with Crippen LogP contribution in [0, 0.1) is 32.6 Å². The minimum absolute atomic E-state index is 0. The second kappa shape index (κ2) is 79.4. The van der Waals surface area contributed by atoms with Crippen LogP contribution in [0.15, 0.2) is 0 Å². The first-order valence-electron chi connectivity index (χ1n) is 12.2. The summed E-state index contributed by atoms with van der Waals surface area (Å²) in [4.78, 5) is 0. The molecule has 2 aliphatic rings. The Morgan fingerprint density at radius 3 is 1.38 bits per heavy atom. The smallest absolute Gasteiger partial charge is 0.144 e. The minimum atomic E-state index is -0.917. The molecule has 2 heterocycles. The molecule has 0 aromatic rings. The Labute approximate surface area is 687 Å². The van der Waals surface area contributed by atoms with Gasteiger partial charge >= 0.3 is 0 Å². The summed E-state index contributed by atoms with van der Waals surface area (Å²) in [5.74, 6) is -0.338. The third-order valence-corrected chi connectivity index (χ3v) is 4.69. The van der Waals surface area contributed by atoms with Gasteiger partial charge < -0.3 is 61.8 Å². The second-order valence-corrected chi connectivity index (χ2v) is 8.86. The molecule has 50 heavy (non-hydrogen) atoms. The summed E-state index contributed by atoms with van der Waals surface area (Å²) >= 11 is 0. The molecule has 0 aliphatic carbocycles. The number of aliphatic hydroxyl groups is 3. The number of halogens is 1. The molecule has 0 aromatic heterocycles. The maximum atomic E-state index is 10.9. The standard InChI is InChI=1S/C15H27BN2O4.C3H6F.2C3H7O.CH4.15Y/c1-4-10-8(3)13(19)12(18)15(22-10)20-6-9-5-7(2)11(17)14(16)21-9;3*1-3(2)4;;;;;;;;;;;;;;;;/h7-15,17-19H,4-6H2,1-3H3;3H,1H2,2H3;2*3-4H,1H2,2H3;1H4;;;;;;;;;;;;;;;/q-2;3*-1;;;;;;;;;;;;;;;;/t7-,8+,9?,10?,11?,12?,13-,14-,15+;3*3-;;;;;;;;;;;;;;;;/m0000................/s1/i5D;;;;;;;;;;;;;;;;;;;/t5-,7-,8+,9?,10?,11?,12?,13-,14-,15+;;;;;;;;;;;;;;;;;;;. The van der Waals surface area contributed by atoms with Gasteiger partial charge in [0.05, 0.1) is 18.8 Å². The van der Waals surface area contributed by atoms with Gasteiger partial charge in [-0.05, 0) is 19.0 Å². The fraction of sp³-hybridized carbons (Fsp3) is 0.880. The van der Waals surface area contributed by atoms with E-state index in [1.807, 2.05) is 20.8 Å². The first-order chi connectivity index (χ1) is 16.0. The second-order valence-electron chi connectivity index (χ2n) is 8.86. The van der Waals surface area contributed by atoms with Crippen LogP contribution < -0.4 is 0 Å². The fourth-order valence-electron chi connectivity index (χ4n) is 3.07. The fourth-order valence-corrected chi connectivity index (χ4v) is 3.07. The maximum Gasteiger partial charge on any atom is 0.144 e. The Bertz CT molecular complexity index is 547. The third kappa shape index (κ3) is 73.2. The van der Waals surface area contributed by atoms with Gasteiger partial charge in [0.1, 0.15) is 14.1 Å². The molecule has 5 N–H and O–H groups in total. The van der Waals surface area contributed by atoms with Crippen LogP contribution >= 0.6 is 0 Å². The van der Waals surface area contributed by atoms with Crippen molar-refractivity contribution in [1.82, 2.24) is 0 Å². The topological polar surface area (TPSA) is 136 Å². The van der Waals surface area contributed by atoms with Crippen molar-refractivity contribution >= 4 is 7.85 Å². The van der Waals surface area contributed by atoms with Crippen molar-refractivity contribution in [3.63, 3.8) is 0 Å². The largest absolute Gasteiger partial charge is 0.673 e. The van der Waals surface area contributed by atoms with Crippen molar-refractivity contribution in [1.29, 1.82) is 0 Å². The van der Waals surface area contributed by atoms with E-state index >= 15 is 0 Å². The first-order valence-corrected chi connectivity index (χ1v) is 11.7. The monoisotopic (exact) mass is 1840 g/mol. The molecule has 2 fully saturated rings. The molecular formula is C25H51BFN2O6Y15-5. The van der Waals surface area contributed by atoms with Gasteiger partial charge in [-0.15, -0.1) is 6.04 Å². The van der Waals surface area contributed by atoms with Crippen LogP contribution in [0.25, 0.3) is 11.5 Å². The van der Waals surface area contributed by atoms with E-state index in [0.29, 0.717) is 0 Å². The summed E-state index contributed by atoms with van der Waals surface area (Å²) in [5, 5.41) is 26.1. The number of hydrogen-bond acceptors (Lipinski definition) is 6. The van der Waals surface area contributed by atoms with Crippen LogP contribution in [0.1, 0.15) is 63.2 Å². The average molecular weight is 1840 g/mol. The Hall–Kier alpha value is 16.2. The van der Waals surface area contributed by atoms with Crippen molar-refractivity contribution in [2.24, 2.45) is 11.8 Å². The summed E-state index contributed by atoms with van der Waals surface area (Å²) in [7, 11) is 5.78. The molecule has 2 aliphatic heterocycles. The number of aliphatic hydroxyl groups excluding tert-OH is 3. The van der Waals surface area contributed by atoms with Crippen LogP contribution in [0.4, 0.5) is 4.39 Å². The Kier molecular flexibility index (Phi) is 185. The van der Waals surface area contributed by atoms with Gasteiger partial charge in [-0.3, -0.25) is 4.39 Å². The van der Waals surface area contributed by atoms with E-state index in [2.05, 4.69) is 20.8 Å². The van der Waals surface area contributed by atoms with E-state index in [-0.39, 0.29) is 523 Å². The Balaban J connectivity index is -0.0000000216. The van der Waals surface area contributed by atoms with Gasteiger partial charge in [0, 0.05) is 510 Å². The minimum Gasteiger partial charge on any atom is -0.673 e. The third-order valence-electron chi connectivity index (χ3n) is 4.69.